The van der Waals surface area contributed by atoms with Gasteiger partial charge in [0.1, 0.15) is 5.75 Å². The number of nitrogens with one attached hydrogen (secondary N) is 1. The van der Waals surface area contributed by atoms with Gasteiger partial charge in [-0.3, -0.25) is 0 Å². The van der Waals surface area contributed by atoms with Crippen LogP contribution in [0.25, 0.3) is 0 Å². The standard InChI is InChI=1S/C15H17NO/c1-3-12-6-4-7-13(10-12)16-14-8-5-9-15(11-14)17-2/h4-11,16H,3H2,1-2H3. The zero-order valence-electron chi connectivity index (χ0n) is 10.2. The lowest BCUT2D eigenvalue weighted by atomic mass is 10.1. The van der Waals surface area contributed by atoms with Gasteiger partial charge in [-0.1, -0.05) is 25.1 Å². The van der Waals surface area contributed by atoms with Gasteiger partial charge in [0.2, 0.25) is 0 Å². The van der Waals surface area contributed by atoms with Gasteiger partial charge in [-0.15, -0.1) is 0 Å². The molecule has 2 rings (SSSR count). The fraction of sp³-hybridized carbons (Fsp3) is 0.200. The highest BCUT2D eigenvalue weighted by atomic mass is 16.5. The molecule has 0 aromatic heterocycles. The Morgan fingerprint density at radius 3 is 2.41 bits per heavy atom. The van der Waals surface area contributed by atoms with E-state index in [1.165, 1.54) is 5.56 Å². The number of ether oxygens (including phenoxy) is 1. The van der Waals surface area contributed by atoms with E-state index in [1.54, 1.807) is 7.11 Å². The van der Waals surface area contributed by atoms with Gasteiger partial charge in [0.15, 0.2) is 0 Å². The Hall–Kier alpha value is -1.96. The van der Waals surface area contributed by atoms with Gasteiger partial charge < -0.3 is 10.1 Å². The Morgan fingerprint density at radius 2 is 1.71 bits per heavy atom. The van der Waals surface area contributed by atoms with Crippen molar-refractivity contribution >= 4 is 11.4 Å². The maximum atomic E-state index is 5.20. The van der Waals surface area contributed by atoms with Gasteiger partial charge in [0, 0.05) is 17.4 Å². The van der Waals surface area contributed by atoms with Crippen LogP contribution in [0.1, 0.15) is 12.5 Å². The lowest BCUT2D eigenvalue weighted by Gasteiger charge is -2.09. The number of anilines is 2. The van der Waals surface area contributed by atoms with Crippen LogP contribution in [0, 0.1) is 0 Å². The van der Waals surface area contributed by atoms with Crippen molar-refractivity contribution in [2.75, 3.05) is 12.4 Å². The molecule has 2 heteroatoms. The first kappa shape index (κ1) is 11.5. The molecule has 0 saturated heterocycles. The quantitative estimate of drug-likeness (QED) is 0.852. The van der Waals surface area contributed by atoms with Crippen molar-refractivity contribution in [2.45, 2.75) is 13.3 Å². The Morgan fingerprint density at radius 1 is 1.00 bits per heavy atom. The van der Waals surface area contributed by atoms with E-state index in [-0.39, 0.29) is 0 Å². The highest BCUT2D eigenvalue weighted by molar-refractivity contribution is 5.61. The van der Waals surface area contributed by atoms with E-state index in [9.17, 15) is 0 Å². The summed E-state index contributed by atoms with van der Waals surface area (Å²) in [6.45, 7) is 2.16. The topological polar surface area (TPSA) is 21.3 Å². The number of hydrogen-bond donors (Lipinski definition) is 1. The van der Waals surface area contributed by atoms with Crippen molar-refractivity contribution in [3.05, 3.63) is 54.1 Å². The molecule has 0 unspecified atom stereocenters. The minimum Gasteiger partial charge on any atom is -0.497 e. The Labute approximate surface area is 102 Å². The average Bonchev–Trinajstić information content (AvgIpc) is 2.39. The third-order valence-corrected chi connectivity index (χ3v) is 2.69. The van der Waals surface area contributed by atoms with Crippen LogP contribution in [0.5, 0.6) is 5.75 Å². The van der Waals surface area contributed by atoms with Gasteiger partial charge >= 0.3 is 0 Å². The summed E-state index contributed by atoms with van der Waals surface area (Å²) in [6, 6.07) is 16.4. The molecule has 0 radical (unpaired) electrons. The highest BCUT2D eigenvalue weighted by Gasteiger charge is 1.97. The summed E-state index contributed by atoms with van der Waals surface area (Å²) in [5.41, 5.74) is 3.48. The molecular weight excluding hydrogens is 210 g/mol. The summed E-state index contributed by atoms with van der Waals surface area (Å²) in [6.07, 6.45) is 1.05. The van der Waals surface area contributed by atoms with Crippen LogP contribution in [0.2, 0.25) is 0 Å². The fourth-order valence-corrected chi connectivity index (χ4v) is 1.74. The van der Waals surface area contributed by atoms with Gasteiger partial charge in [0.05, 0.1) is 7.11 Å². The summed E-state index contributed by atoms with van der Waals surface area (Å²) in [5, 5.41) is 3.37. The second-order valence-electron chi connectivity index (χ2n) is 3.91. The van der Waals surface area contributed by atoms with Gasteiger partial charge in [0.25, 0.3) is 0 Å². The number of rotatable bonds is 4. The summed E-state index contributed by atoms with van der Waals surface area (Å²) in [4.78, 5) is 0. The first-order chi connectivity index (χ1) is 8.31. The highest BCUT2D eigenvalue weighted by Crippen LogP contribution is 2.21. The van der Waals surface area contributed by atoms with Crippen molar-refractivity contribution < 1.29 is 4.74 Å². The zero-order chi connectivity index (χ0) is 12.1. The molecule has 0 heterocycles. The van der Waals surface area contributed by atoms with Crippen LogP contribution in [-0.2, 0) is 6.42 Å². The van der Waals surface area contributed by atoms with Crippen LogP contribution >= 0.6 is 0 Å². The van der Waals surface area contributed by atoms with Gasteiger partial charge in [-0.2, -0.15) is 0 Å². The number of aryl methyl sites for hydroxylation is 1. The smallest absolute Gasteiger partial charge is 0.120 e. The normalized spacial score (nSPS) is 10.0. The molecule has 0 bridgehead atoms. The van der Waals surface area contributed by atoms with Gasteiger partial charge in [-0.25, -0.2) is 0 Å². The second-order valence-corrected chi connectivity index (χ2v) is 3.91. The molecule has 2 aromatic rings. The van der Waals surface area contributed by atoms with Crippen molar-refractivity contribution in [1.82, 2.24) is 0 Å². The molecule has 0 aliphatic carbocycles. The third-order valence-electron chi connectivity index (χ3n) is 2.69. The van der Waals surface area contributed by atoms with Crippen molar-refractivity contribution in [3.63, 3.8) is 0 Å². The molecular formula is C15H17NO. The molecule has 88 valence electrons. The molecule has 0 saturated carbocycles. The van der Waals surface area contributed by atoms with E-state index in [0.29, 0.717) is 0 Å². The average molecular weight is 227 g/mol. The molecule has 0 atom stereocenters. The van der Waals surface area contributed by atoms with Crippen LogP contribution in [-0.4, -0.2) is 7.11 Å². The predicted molar refractivity (Wildman–Crippen MR) is 72.1 cm³/mol. The van der Waals surface area contributed by atoms with Crippen molar-refractivity contribution in [2.24, 2.45) is 0 Å². The summed E-state index contributed by atoms with van der Waals surface area (Å²) < 4.78 is 5.20. The number of methoxy groups -OCH3 is 1. The molecule has 0 aliphatic heterocycles. The minimum absolute atomic E-state index is 0.863. The van der Waals surface area contributed by atoms with Crippen molar-refractivity contribution in [3.8, 4) is 5.75 Å². The molecule has 0 aliphatic rings. The SMILES string of the molecule is CCc1cccc(Nc2cccc(OC)c2)c1. The largest absolute Gasteiger partial charge is 0.497 e. The van der Waals surface area contributed by atoms with E-state index in [2.05, 4.69) is 36.5 Å². The van der Waals surface area contributed by atoms with E-state index >= 15 is 0 Å². The fourth-order valence-electron chi connectivity index (χ4n) is 1.74. The first-order valence-corrected chi connectivity index (χ1v) is 5.82. The molecule has 0 spiro atoms. The third kappa shape index (κ3) is 3.00. The van der Waals surface area contributed by atoms with Gasteiger partial charge in [-0.05, 0) is 36.2 Å². The van der Waals surface area contributed by atoms with E-state index in [1.807, 2.05) is 24.3 Å². The van der Waals surface area contributed by atoms with E-state index < -0.39 is 0 Å². The summed E-state index contributed by atoms with van der Waals surface area (Å²) >= 11 is 0. The van der Waals surface area contributed by atoms with E-state index in [0.717, 1.165) is 23.5 Å². The predicted octanol–water partition coefficient (Wildman–Crippen LogP) is 4.00. The Kier molecular flexibility index (Phi) is 3.66. The van der Waals surface area contributed by atoms with Crippen LogP contribution < -0.4 is 10.1 Å². The summed E-state index contributed by atoms with van der Waals surface area (Å²) in [5.74, 6) is 0.863. The number of benzene rings is 2. The molecule has 17 heavy (non-hydrogen) atoms. The summed E-state index contributed by atoms with van der Waals surface area (Å²) in [7, 11) is 1.68. The van der Waals surface area contributed by atoms with Crippen molar-refractivity contribution in [1.29, 1.82) is 0 Å². The maximum absolute atomic E-state index is 5.20. The lowest BCUT2D eigenvalue weighted by Crippen LogP contribution is -1.92. The minimum atomic E-state index is 0.863. The monoisotopic (exact) mass is 227 g/mol. The maximum Gasteiger partial charge on any atom is 0.120 e. The molecule has 2 nitrogen and oxygen atoms in total. The van der Waals surface area contributed by atoms with E-state index in [4.69, 9.17) is 4.74 Å². The zero-order valence-corrected chi connectivity index (χ0v) is 10.2. The lowest BCUT2D eigenvalue weighted by molar-refractivity contribution is 0.415. The van der Waals surface area contributed by atoms with Crippen LogP contribution in [0.3, 0.4) is 0 Å². The number of hydrogen-bond acceptors (Lipinski definition) is 2. The molecule has 1 N–H and O–H groups in total. The molecule has 0 amide bonds. The Balaban J connectivity index is 2.18. The molecule has 0 fully saturated rings. The Bertz CT molecular complexity index is 448. The molecule has 2 aromatic carbocycles. The second kappa shape index (κ2) is 5.39. The first-order valence-electron chi connectivity index (χ1n) is 5.82. The van der Waals surface area contributed by atoms with Crippen LogP contribution in [0.4, 0.5) is 11.4 Å². The van der Waals surface area contributed by atoms with Crippen LogP contribution in [0.15, 0.2) is 48.5 Å².